The predicted molar refractivity (Wildman–Crippen MR) is 107 cm³/mol. The second-order valence-corrected chi connectivity index (χ2v) is 6.52. The number of esters is 1. The van der Waals surface area contributed by atoms with Gasteiger partial charge in [-0.15, -0.1) is 0 Å². The van der Waals surface area contributed by atoms with Crippen LogP contribution in [0.1, 0.15) is 35.7 Å². The van der Waals surface area contributed by atoms with Gasteiger partial charge in [-0.3, -0.25) is 14.4 Å². The van der Waals surface area contributed by atoms with Gasteiger partial charge in [0, 0.05) is 17.8 Å². The lowest BCUT2D eigenvalue weighted by Crippen LogP contribution is -2.30. The molecule has 1 amide bonds. The number of rotatable bonds is 7. The number of aryl methyl sites for hydroxylation is 1. The minimum Gasteiger partial charge on any atom is -0.497 e. The highest BCUT2D eigenvalue weighted by Crippen LogP contribution is 2.17. The molecule has 1 aromatic carbocycles. The van der Waals surface area contributed by atoms with Crippen molar-refractivity contribution in [3.63, 3.8) is 0 Å². The molecule has 8 nitrogen and oxygen atoms in total. The van der Waals surface area contributed by atoms with Gasteiger partial charge < -0.3 is 19.8 Å². The number of amides is 1. The molecule has 29 heavy (non-hydrogen) atoms. The number of aromatic amines is 1. The Morgan fingerprint density at radius 1 is 1.24 bits per heavy atom. The van der Waals surface area contributed by atoms with E-state index in [0.29, 0.717) is 28.3 Å². The molecule has 0 fully saturated rings. The van der Waals surface area contributed by atoms with Crippen molar-refractivity contribution in [3.05, 3.63) is 57.0 Å². The van der Waals surface area contributed by atoms with Gasteiger partial charge in [0.2, 0.25) is 0 Å². The number of aromatic nitrogens is 1. The van der Waals surface area contributed by atoms with Gasteiger partial charge in [-0.25, -0.2) is 0 Å². The predicted octanol–water partition coefficient (Wildman–Crippen LogP) is 2.38. The summed E-state index contributed by atoms with van der Waals surface area (Å²) in [5.41, 5.74) is 2.01. The zero-order valence-corrected chi connectivity index (χ0v) is 16.8. The first-order valence-corrected chi connectivity index (χ1v) is 9.03. The number of anilines is 1. The molecule has 0 spiro atoms. The summed E-state index contributed by atoms with van der Waals surface area (Å²) < 4.78 is 10.3. The average Bonchev–Trinajstić information content (AvgIpc) is 2.68. The number of hydrogen-bond acceptors (Lipinski definition) is 6. The van der Waals surface area contributed by atoms with E-state index in [2.05, 4.69) is 10.3 Å². The molecule has 152 valence electrons. The van der Waals surface area contributed by atoms with Crippen molar-refractivity contribution in [1.29, 1.82) is 5.26 Å². The van der Waals surface area contributed by atoms with Gasteiger partial charge in [0.15, 0.2) is 6.10 Å². The topological polar surface area (TPSA) is 121 Å². The van der Waals surface area contributed by atoms with E-state index in [1.54, 1.807) is 45.2 Å². The zero-order chi connectivity index (χ0) is 21.6. The molecule has 0 aliphatic carbocycles. The van der Waals surface area contributed by atoms with Gasteiger partial charge >= 0.3 is 5.97 Å². The fourth-order valence-electron chi connectivity index (χ4n) is 2.88. The van der Waals surface area contributed by atoms with Crippen LogP contribution in [0.15, 0.2) is 29.1 Å². The normalized spacial score (nSPS) is 11.3. The summed E-state index contributed by atoms with van der Waals surface area (Å²) in [5.74, 6) is -0.340. The number of pyridine rings is 1. The number of carbonyl (C=O) groups is 2. The minimum absolute atomic E-state index is 0.0126. The number of methoxy groups -OCH3 is 1. The summed E-state index contributed by atoms with van der Waals surface area (Å²) in [5, 5.41) is 11.8. The highest BCUT2D eigenvalue weighted by atomic mass is 16.5. The van der Waals surface area contributed by atoms with Crippen LogP contribution in [0.3, 0.4) is 0 Å². The zero-order valence-electron chi connectivity index (χ0n) is 16.8. The van der Waals surface area contributed by atoms with Gasteiger partial charge in [-0.2, -0.15) is 5.26 Å². The van der Waals surface area contributed by atoms with Crippen molar-refractivity contribution in [1.82, 2.24) is 4.98 Å². The van der Waals surface area contributed by atoms with E-state index < -0.39 is 23.5 Å². The Balaban J connectivity index is 1.94. The van der Waals surface area contributed by atoms with Gasteiger partial charge in [-0.1, -0.05) is 0 Å². The summed E-state index contributed by atoms with van der Waals surface area (Å²) in [6.45, 7) is 4.87. The Morgan fingerprint density at radius 3 is 2.48 bits per heavy atom. The second-order valence-electron chi connectivity index (χ2n) is 6.52. The third-order valence-corrected chi connectivity index (χ3v) is 4.53. The molecule has 0 bridgehead atoms. The molecule has 2 N–H and O–H groups in total. The number of H-pyrrole nitrogens is 1. The van der Waals surface area contributed by atoms with Crippen LogP contribution in [-0.2, 0) is 20.7 Å². The molecule has 1 atom stereocenters. The first-order valence-electron chi connectivity index (χ1n) is 9.03. The smallest absolute Gasteiger partial charge is 0.306 e. The van der Waals surface area contributed by atoms with E-state index >= 15 is 0 Å². The van der Waals surface area contributed by atoms with Crippen molar-refractivity contribution >= 4 is 17.6 Å². The van der Waals surface area contributed by atoms with Crippen LogP contribution in [0.2, 0.25) is 0 Å². The molecular weight excluding hydrogens is 374 g/mol. The van der Waals surface area contributed by atoms with Gasteiger partial charge in [0.05, 0.1) is 7.11 Å². The summed E-state index contributed by atoms with van der Waals surface area (Å²) in [7, 11) is 1.55. The lowest BCUT2D eigenvalue weighted by molar-refractivity contribution is -0.153. The number of carbonyl (C=O) groups excluding carboxylic acids is 2. The molecule has 0 aliphatic heterocycles. The number of hydrogen-bond donors (Lipinski definition) is 2. The maximum atomic E-state index is 12.2. The minimum atomic E-state index is -0.975. The maximum absolute atomic E-state index is 12.2. The molecular formula is C21H23N3O5. The molecule has 2 aromatic rings. The van der Waals surface area contributed by atoms with Crippen LogP contribution in [0.4, 0.5) is 5.69 Å². The summed E-state index contributed by atoms with van der Waals surface area (Å²) in [6.07, 6.45) is -0.676. The molecule has 8 heteroatoms. The van der Waals surface area contributed by atoms with Gasteiger partial charge in [0.25, 0.3) is 11.5 Å². The van der Waals surface area contributed by atoms with E-state index in [0.717, 1.165) is 0 Å². The first-order chi connectivity index (χ1) is 13.8. The van der Waals surface area contributed by atoms with Gasteiger partial charge in [0.1, 0.15) is 17.4 Å². The highest BCUT2D eigenvalue weighted by Gasteiger charge is 2.19. The Hall–Kier alpha value is -3.60. The number of ether oxygens (including phenoxy) is 2. The van der Waals surface area contributed by atoms with Crippen LogP contribution in [0, 0.1) is 25.2 Å². The molecule has 0 saturated carbocycles. The summed E-state index contributed by atoms with van der Waals surface area (Å²) >= 11 is 0. The van der Waals surface area contributed by atoms with E-state index in [9.17, 15) is 14.4 Å². The van der Waals surface area contributed by atoms with Crippen LogP contribution in [-0.4, -0.2) is 30.1 Å². The summed E-state index contributed by atoms with van der Waals surface area (Å²) in [6, 6.07) is 8.65. The number of nitriles is 1. The Kier molecular flexibility index (Phi) is 7.15. The fraction of sp³-hybridized carbons (Fsp3) is 0.333. The standard InChI is InChI=1S/C21H23N3O5/c1-12-17(13(2)23-21(27)18(12)11-22)9-10-19(25)29-14(3)20(26)24-15-5-7-16(28-4)8-6-15/h5-8,14H,9-10H2,1-4H3,(H,23,27)(H,24,26)/t14-/m1/s1. The number of nitrogens with one attached hydrogen (secondary N) is 2. The number of nitrogens with zero attached hydrogens (tertiary/aromatic N) is 1. The fourth-order valence-corrected chi connectivity index (χ4v) is 2.88. The van der Waals surface area contributed by atoms with E-state index in [-0.39, 0.29) is 18.4 Å². The van der Waals surface area contributed by atoms with Crippen LogP contribution in [0.25, 0.3) is 0 Å². The lowest BCUT2D eigenvalue weighted by atomic mass is 9.99. The van der Waals surface area contributed by atoms with Crippen LogP contribution < -0.4 is 15.6 Å². The Labute approximate surface area is 168 Å². The van der Waals surface area contributed by atoms with Crippen LogP contribution >= 0.6 is 0 Å². The van der Waals surface area contributed by atoms with Crippen molar-refractivity contribution in [3.8, 4) is 11.8 Å². The third-order valence-electron chi connectivity index (χ3n) is 4.53. The van der Waals surface area contributed by atoms with Crippen LogP contribution in [0.5, 0.6) is 5.75 Å². The molecule has 1 heterocycles. The monoisotopic (exact) mass is 397 g/mol. The third kappa shape index (κ3) is 5.45. The molecule has 0 radical (unpaired) electrons. The lowest BCUT2D eigenvalue weighted by Gasteiger charge is -2.15. The van der Waals surface area contributed by atoms with Crippen molar-refractivity contribution in [2.45, 2.75) is 39.7 Å². The van der Waals surface area contributed by atoms with Gasteiger partial charge in [-0.05, 0) is 62.6 Å². The Morgan fingerprint density at radius 2 is 1.90 bits per heavy atom. The summed E-state index contributed by atoms with van der Waals surface area (Å²) in [4.78, 5) is 38.7. The quantitative estimate of drug-likeness (QED) is 0.692. The first kappa shape index (κ1) is 21.7. The SMILES string of the molecule is COc1ccc(NC(=O)[C@@H](C)OC(=O)CCc2c(C)[nH]c(=O)c(C#N)c2C)cc1. The average molecular weight is 397 g/mol. The molecule has 0 unspecified atom stereocenters. The molecule has 0 aliphatic rings. The molecule has 2 rings (SSSR count). The van der Waals surface area contributed by atoms with Crippen molar-refractivity contribution in [2.75, 3.05) is 12.4 Å². The molecule has 0 saturated heterocycles. The largest absolute Gasteiger partial charge is 0.497 e. The second kappa shape index (κ2) is 9.55. The Bertz CT molecular complexity index is 1000. The van der Waals surface area contributed by atoms with Crippen molar-refractivity contribution in [2.24, 2.45) is 0 Å². The van der Waals surface area contributed by atoms with Crippen molar-refractivity contribution < 1.29 is 19.1 Å². The highest BCUT2D eigenvalue weighted by molar-refractivity contribution is 5.95. The van der Waals surface area contributed by atoms with E-state index in [1.807, 2.05) is 6.07 Å². The maximum Gasteiger partial charge on any atom is 0.306 e. The number of benzene rings is 1. The van der Waals surface area contributed by atoms with E-state index in [4.69, 9.17) is 14.7 Å². The van der Waals surface area contributed by atoms with E-state index in [1.165, 1.54) is 6.92 Å². The molecule has 1 aromatic heterocycles.